The molecule has 1 saturated carbocycles. The minimum absolute atomic E-state index is 0.00518. The maximum Gasteiger partial charge on any atom is 0.329 e. The minimum Gasteiger partial charge on any atom is -0.460 e. The molecule has 4 rings (SSSR count). The lowest BCUT2D eigenvalue weighted by atomic mass is 9.78. The van der Waals surface area contributed by atoms with E-state index in [9.17, 15) is 39.3 Å². The van der Waals surface area contributed by atoms with Crippen LogP contribution < -0.4 is 0 Å². The number of methoxy groups -OCH3 is 2. The molecule has 0 aromatic heterocycles. The van der Waals surface area contributed by atoms with E-state index in [0.717, 1.165) is 35.7 Å². The molecule has 11 unspecified atom stereocenters. The fourth-order valence-corrected chi connectivity index (χ4v) is 11.0. The van der Waals surface area contributed by atoms with Crippen molar-refractivity contribution in [3.8, 4) is 0 Å². The Morgan fingerprint density at radius 3 is 2.31 bits per heavy atom. The van der Waals surface area contributed by atoms with Crippen molar-refractivity contribution in [2.24, 2.45) is 35.5 Å². The van der Waals surface area contributed by atoms with Gasteiger partial charge < -0.3 is 48.6 Å². The SMILES string of the molecule is COC1C(=O)C(C)CC(C)C=CC=CC=C(C)C(OCCO)CC2CCC(C)C(O)(O2)C(=O)C(=O)N2CCCCC2C(=O)OC([C@H](C)C[C@@H]2CC[C@@H](OCCCI)[C@H](OC)C2)CC(=O)C(C)C=C(C)C1O. The number of Topliss-reactive ketones (excluding diaryl/α,β-unsaturated/α-hetero) is 3. The largest absolute Gasteiger partial charge is 0.460 e. The lowest BCUT2D eigenvalue weighted by Gasteiger charge is -2.43. The number of ketones is 3. The van der Waals surface area contributed by atoms with Gasteiger partial charge in [-0.1, -0.05) is 93.7 Å². The number of nitrogens with zero attached hydrogens (tertiary/aromatic N) is 1. The first kappa shape index (κ1) is 60.9. The Labute approximate surface area is 437 Å². The van der Waals surface area contributed by atoms with E-state index in [0.29, 0.717) is 50.7 Å². The molecule has 16 heteroatoms. The van der Waals surface area contributed by atoms with E-state index in [1.165, 1.54) is 12.0 Å². The number of ether oxygens (including phenoxy) is 6. The molecule has 1 amide bonds. The number of piperidine rings is 1. The fraction of sp³-hybridized carbons (Fsp3) is 0.764. The molecule has 4 aliphatic rings. The van der Waals surface area contributed by atoms with Crippen molar-refractivity contribution in [1.29, 1.82) is 0 Å². The van der Waals surface area contributed by atoms with Crippen LogP contribution in [-0.4, -0.2) is 149 Å². The number of amides is 1. The van der Waals surface area contributed by atoms with Crippen LogP contribution in [0.2, 0.25) is 0 Å². The maximum absolute atomic E-state index is 14.5. The van der Waals surface area contributed by atoms with Gasteiger partial charge in [0.1, 0.15) is 30.1 Å². The lowest BCUT2D eigenvalue weighted by molar-refractivity contribution is -0.266. The molecule has 0 aromatic carbocycles. The molecular weight excluding hydrogens is 1030 g/mol. The quantitative estimate of drug-likeness (QED) is 0.0436. The molecule has 2 saturated heterocycles. The van der Waals surface area contributed by atoms with Crippen LogP contribution in [0.25, 0.3) is 0 Å². The van der Waals surface area contributed by atoms with E-state index in [4.69, 9.17) is 28.4 Å². The van der Waals surface area contributed by atoms with Crippen molar-refractivity contribution in [1.82, 2.24) is 4.90 Å². The zero-order valence-electron chi connectivity index (χ0n) is 43.9. The molecule has 15 nitrogen and oxygen atoms in total. The van der Waals surface area contributed by atoms with Gasteiger partial charge in [0.25, 0.3) is 11.7 Å². The van der Waals surface area contributed by atoms with Crippen molar-refractivity contribution in [2.45, 2.75) is 186 Å². The monoisotopic (exact) mass is 1110 g/mol. The Morgan fingerprint density at radius 1 is 0.873 bits per heavy atom. The van der Waals surface area contributed by atoms with Gasteiger partial charge >= 0.3 is 5.97 Å². The second kappa shape index (κ2) is 30.0. The Hall–Kier alpha value is -2.68. The van der Waals surface area contributed by atoms with Crippen LogP contribution in [0.5, 0.6) is 0 Å². The highest BCUT2D eigenvalue weighted by Gasteiger charge is 2.53. The number of fused-ring (bicyclic) bond motifs is 3. The average Bonchev–Trinajstić information content (AvgIpc) is 3.35. The van der Waals surface area contributed by atoms with Crippen molar-refractivity contribution in [3.63, 3.8) is 0 Å². The molecule has 3 N–H and O–H groups in total. The highest BCUT2D eigenvalue weighted by molar-refractivity contribution is 14.1. The summed E-state index contributed by atoms with van der Waals surface area (Å²) >= 11 is 2.34. The summed E-state index contributed by atoms with van der Waals surface area (Å²) in [7, 11) is 3.07. The molecule has 3 fully saturated rings. The predicted molar refractivity (Wildman–Crippen MR) is 278 cm³/mol. The summed E-state index contributed by atoms with van der Waals surface area (Å²) in [5, 5.41) is 33.2. The van der Waals surface area contributed by atoms with Crippen LogP contribution >= 0.6 is 22.6 Å². The Kier molecular flexibility index (Phi) is 25.7. The number of halogens is 1. The zero-order valence-corrected chi connectivity index (χ0v) is 46.1. The Morgan fingerprint density at radius 2 is 1.62 bits per heavy atom. The standard InChI is InChI=1S/C55H86INO14/c1-34-16-11-10-12-17-35(2)46(69-27-25-58)32-42-21-19-40(7)55(65,71-42)52(62)53(63)57-24-14-13-18-43(57)54(64)70-47(37(4)30-41-20-22-45(48(31-41)66-8)68-26-15-23-56)33-44(59)36(3)29-39(6)50(61)51(67-9)49(60)38(5)28-34/h10-12,16-17,29,34,36-38,40-43,45-48,50-51,58,61,65H,13-15,18-28,30-33H2,1-9H3/t34?,36?,37-,38?,40?,41+,42?,43?,45-,46?,47?,48-,50?,51?,55?/m1/s1. The second-order valence-corrected chi connectivity index (χ2v) is 21.9. The molecule has 71 heavy (non-hydrogen) atoms. The first-order chi connectivity index (χ1) is 33.8. The van der Waals surface area contributed by atoms with E-state index >= 15 is 0 Å². The highest BCUT2D eigenvalue weighted by atomic mass is 127. The summed E-state index contributed by atoms with van der Waals surface area (Å²) < 4.78 is 37.3. The summed E-state index contributed by atoms with van der Waals surface area (Å²) in [5.74, 6) is -8.00. The number of carbonyl (C=O) groups excluding carboxylic acids is 5. The topological polar surface area (TPSA) is 205 Å². The maximum atomic E-state index is 14.5. The molecule has 0 aromatic rings. The van der Waals surface area contributed by atoms with Gasteiger partial charge in [0, 0.05) is 62.4 Å². The van der Waals surface area contributed by atoms with E-state index in [1.54, 1.807) is 34.0 Å². The summed E-state index contributed by atoms with van der Waals surface area (Å²) in [6, 6.07) is -1.15. The smallest absolute Gasteiger partial charge is 0.329 e. The van der Waals surface area contributed by atoms with Crippen LogP contribution in [0, 0.1) is 35.5 Å². The van der Waals surface area contributed by atoms with Crippen LogP contribution in [0.1, 0.15) is 132 Å². The number of hydrogen-bond donors (Lipinski definition) is 3. The third kappa shape index (κ3) is 17.4. The number of hydrogen-bond acceptors (Lipinski definition) is 14. The number of aliphatic hydroxyl groups is 3. The number of allylic oxidation sites excluding steroid dienone is 6. The third-order valence-electron chi connectivity index (χ3n) is 15.2. The van der Waals surface area contributed by atoms with Crippen LogP contribution in [0.3, 0.4) is 0 Å². The van der Waals surface area contributed by atoms with E-state index < -0.39 is 77.8 Å². The zero-order chi connectivity index (χ0) is 52.4. The van der Waals surface area contributed by atoms with Crippen LogP contribution in [0.4, 0.5) is 0 Å². The average molecular weight is 1110 g/mol. The van der Waals surface area contributed by atoms with Crippen molar-refractivity contribution in [3.05, 3.63) is 47.6 Å². The lowest BCUT2D eigenvalue weighted by Crippen LogP contribution is -2.61. The number of carbonyl (C=O) groups is 5. The number of rotatable bonds is 12. The third-order valence-corrected chi connectivity index (χ3v) is 16.0. The van der Waals surface area contributed by atoms with Crippen molar-refractivity contribution >= 4 is 51.8 Å². The summed E-state index contributed by atoms with van der Waals surface area (Å²) in [6.45, 7) is 13.2. The molecule has 0 radical (unpaired) electrons. The number of aliphatic hydroxyl groups excluding tert-OH is 2. The van der Waals surface area contributed by atoms with Gasteiger partial charge in [0.05, 0.1) is 37.6 Å². The van der Waals surface area contributed by atoms with Gasteiger partial charge in [-0.15, -0.1) is 0 Å². The fourth-order valence-electron chi connectivity index (χ4n) is 10.7. The van der Waals surface area contributed by atoms with E-state index in [-0.39, 0.29) is 80.5 Å². The highest BCUT2D eigenvalue weighted by Crippen LogP contribution is 2.38. The van der Waals surface area contributed by atoms with Gasteiger partial charge in [-0.3, -0.25) is 19.2 Å². The molecule has 2 bridgehead atoms. The summed E-state index contributed by atoms with van der Waals surface area (Å²) in [6.07, 6.45) is 13.0. The van der Waals surface area contributed by atoms with Gasteiger partial charge in [0.2, 0.25) is 5.79 Å². The predicted octanol–water partition coefficient (Wildman–Crippen LogP) is 7.39. The summed E-state index contributed by atoms with van der Waals surface area (Å²) in [5.41, 5.74) is 1.20. The second-order valence-electron chi connectivity index (χ2n) is 20.8. The Balaban J connectivity index is 1.70. The van der Waals surface area contributed by atoms with Gasteiger partial charge in [-0.2, -0.15) is 0 Å². The molecule has 15 atom stereocenters. The van der Waals surface area contributed by atoms with Crippen LogP contribution in [-0.2, 0) is 52.4 Å². The normalized spacial score (nSPS) is 35.6. The van der Waals surface area contributed by atoms with Crippen molar-refractivity contribution < 1.29 is 67.7 Å². The molecule has 402 valence electrons. The molecule has 3 heterocycles. The van der Waals surface area contributed by atoms with Gasteiger partial charge in [-0.25, -0.2) is 4.79 Å². The molecule has 3 aliphatic heterocycles. The first-order valence-electron chi connectivity index (χ1n) is 26.2. The van der Waals surface area contributed by atoms with Gasteiger partial charge in [0.15, 0.2) is 5.78 Å². The summed E-state index contributed by atoms with van der Waals surface area (Å²) in [4.78, 5) is 72.5. The number of esters is 1. The molecular formula is C55H86INO14. The molecule has 1 aliphatic carbocycles. The minimum atomic E-state index is -2.47. The van der Waals surface area contributed by atoms with Crippen LogP contribution in [0.15, 0.2) is 47.6 Å². The van der Waals surface area contributed by atoms with Crippen molar-refractivity contribution in [2.75, 3.05) is 45.0 Å². The van der Waals surface area contributed by atoms with E-state index in [2.05, 4.69) is 22.6 Å². The Bertz CT molecular complexity index is 1870. The molecule has 0 spiro atoms. The van der Waals surface area contributed by atoms with Gasteiger partial charge in [-0.05, 0) is 113 Å². The van der Waals surface area contributed by atoms with E-state index in [1.807, 2.05) is 58.1 Å². The first-order valence-corrected chi connectivity index (χ1v) is 27.7. The number of cyclic esters (lactones) is 1. The number of alkyl halides is 1.